The summed E-state index contributed by atoms with van der Waals surface area (Å²) in [6.45, 7) is 3.72. The van der Waals surface area contributed by atoms with Gasteiger partial charge in [-0.3, -0.25) is 14.5 Å². The van der Waals surface area contributed by atoms with Gasteiger partial charge in [-0.05, 0) is 56.2 Å². The van der Waals surface area contributed by atoms with Gasteiger partial charge < -0.3 is 10.6 Å². The molecular formula is C20H26ClN3O3. The number of hydrogen-bond acceptors (Lipinski definition) is 3. The highest BCUT2D eigenvalue weighted by molar-refractivity contribution is 6.30. The molecule has 1 aliphatic heterocycles. The SMILES string of the molecule is CCC1CCC2(CC1)NC(=O)N(CC(=O)NC(C)c1cccc(Cl)c1)C2=O. The molecular weight excluding hydrogens is 366 g/mol. The number of urea groups is 1. The Bertz CT molecular complexity index is 744. The van der Waals surface area contributed by atoms with Gasteiger partial charge in [0.05, 0.1) is 6.04 Å². The van der Waals surface area contributed by atoms with E-state index in [4.69, 9.17) is 11.6 Å². The van der Waals surface area contributed by atoms with Crippen molar-refractivity contribution in [2.24, 2.45) is 5.92 Å². The molecule has 1 spiro atoms. The number of hydrogen-bond donors (Lipinski definition) is 2. The number of benzene rings is 1. The maximum atomic E-state index is 12.9. The van der Waals surface area contributed by atoms with Crippen molar-refractivity contribution < 1.29 is 14.4 Å². The maximum absolute atomic E-state index is 12.9. The third kappa shape index (κ3) is 4.10. The van der Waals surface area contributed by atoms with Crippen molar-refractivity contribution in [3.05, 3.63) is 34.9 Å². The number of rotatable bonds is 5. The molecule has 0 radical (unpaired) electrons. The van der Waals surface area contributed by atoms with Crippen molar-refractivity contribution >= 4 is 29.4 Å². The summed E-state index contributed by atoms with van der Waals surface area (Å²) in [5, 5.41) is 6.27. The molecule has 0 bridgehead atoms. The number of carbonyl (C=O) groups excluding carboxylic acids is 3. The van der Waals surface area contributed by atoms with E-state index in [2.05, 4.69) is 17.6 Å². The van der Waals surface area contributed by atoms with E-state index in [0.29, 0.717) is 23.8 Å². The molecule has 2 fully saturated rings. The molecule has 1 aliphatic carbocycles. The Balaban J connectivity index is 1.61. The summed E-state index contributed by atoms with van der Waals surface area (Å²) >= 11 is 5.99. The van der Waals surface area contributed by atoms with Gasteiger partial charge in [-0.25, -0.2) is 4.79 Å². The Labute approximate surface area is 164 Å². The molecule has 1 heterocycles. The fraction of sp³-hybridized carbons (Fsp3) is 0.550. The van der Waals surface area contributed by atoms with Crippen LogP contribution in [-0.4, -0.2) is 34.8 Å². The Morgan fingerprint density at radius 1 is 1.37 bits per heavy atom. The van der Waals surface area contributed by atoms with Gasteiger partial charge >= 0.3 is 6.03 Å². The molecule has 1 saturated carbocycles. The van der Waals surface area contributed by atoms with Crippen molar-refractivity contribution in [3.8, 4) is 0 Å². The molecule has 1 saturated heterocycles. The highest BCUT2D eigenvalue weighted by Gasteiger charge is 2.52. The first kappa shape index (κ1) is 19.7. The van der Waals surface area contributed by atoms with Crippen LogP contribution in [0, 0.1) is 5.92 Å². The summed E-state index contributed by atoms with van der Waals surface area (Å²) in [6.07, 6.45) is 4.23. The summed E-state index contributed by atoms with van der Waals surface area (Å²) in [7, 11) is 0. The highest BCUT2D eigenvalue weighted by atomic mass is 35.5. The van der Waals surface area contributed by atoms with Gasteiger partial charge in [0.25, 0.3) is 5.91 Å². The smallest absolute Gasteiger partial charge is 0.325 e. The molecule has 1 unspecified atom stereocenters. The normalized spacial score (nSPS) is 26.2. The molecule has 0 aromatic heterocycles. The van der Waals surface area contributed by atoms with Gasteiger partial charge in [0, 0.05) is 5.02 Å². The largest absolute Gasteiger partial charge is 0.348 e. The summed E-state index contributed by atoms with van der Waals surface area (Å²) in [6, 6.07) is 6.48. The van der Waals surface area contributed by atoms with Crippen LogP contribution in [0.15, 0.2) is 24.3 Å². The van der Waals surface area contributed by atoms with Crippen LogP contribution in [0.2, 0.25) is 5.02 Å². The van der Waals surface area contributed by atoms with Gasteiger partial charge in [-0.15, -0.1) is 0 Å². The van der Waals surface area contributed by atoms with Gasteiger partial charge in [-0.1, -0.05) is 37.1 Å². The number of nitrogens with one attached hydrogen (secondary N) is 2. The Hall–Kier alpha value is -2.08. The number of carbonyl (C=O) groups is 3. The van der Waals surface area contributed by atoms with Crippen LogP contribution in [0.1, 0.15) is 57.6 Å². The number of amides is 4. The lowest BCUT2D eigenvalue weighted by Gasteiger charge is -2.34. The van der Waals surface area contributed by atoms with Crippen molar-refractivity contribution in [1.29, 1.82) is 0 Å². The van der Waals surface area contributed by atoms with Crippen molar-refractivity contribution in [2.45, 2.75) is 57.5 Å². The van der Waals surface area contributed by atoms with Crippen LogP contribution in [0.4, 0.5) is 4.79 Å². The standard InChI is InChI=1S/C20H26ClN3O3/c1-3-14-7-9-20(10-8-14)18(26)24(19(27)23-20)12-17(25)22-13(2)15-5-4-6-16(21)11-15/h4-6,11,13-14H,3,7-10,12H2,1-2H3,(H,22,25)(H,23,27). The van der Waals surface area contributed by atoms with E-state index in [1.165, 1.54) is 0 Å². The Kier molecular flexibility index (Phi) is 5.75. The Morgan fingerprint density at radius 3 is 2.70 bits per heavy atom. The van der Waals surface area contributed by atoms with E-state index >= 15 is 0 Å². The molecule has 2 aliphatic rings. The van der Waals surface area contributed by atoms with Gasteiger partial charge in [0.15, 0.2) is 0 Å². The zero-order valence-electron chi connectivity index (χ0n) is 15.8. The molecule has 2 N–H and O–H groups in total. The predicted molar refractivity (Wildman–Crippen MR) is 103 cm³/mol. The lowest BCUT2D eigenvalue weighted by Crippen LogP contribution is -2.50. The Morgan fingerprint density at radius 2 is 2.07 bits per heavy atom. The molecule has 27 heavy (non-hydrogen) atoms. The summed E-state index contributed by atoms with van der Waals surface area (Å²) < 4.78 is 0. The molecule has 1 atom stereocenters. The first-order valence-electron chi connectivity index (χ1n) is 9.53. The summed E-state index contributed by atoms with van der Waals surface area (Å²) in [5.74, 6) is -0.0332. The quantitative estimate of drug-likeness (QED) is 0.755. The van der Waals surface area contributed by atoms with E-state index in [0.717, 1.165) is 29.7 Å². The second-order valence-electron chi connectivity index (χ2n) is 7.60. The summed E-state index contributed by atoms with van der Waals surface area (Å²) in [5.41, 5.74) is 0.0455. The average molecular weight is 392 g/mol. The van der Waals surface area contributed by atoms with Crippen LogP contribution >= 0.6 is 11.6 Å². The monoisotopic (exact) mass is 391 g/mol. The average Bonchev–Trinajstić information content (AvgIpc) is 2.86. The first-order chi connectivity index (χ1) is 12.8. The lowest BCUT2D eigenvalue weighted by molar-refractivity contribution is -0.136. The van der Waals surface area contributed by atoms with Crippen molar-refractivity contribution in [1.82, 2.24) is 15.5 Å². The summed E-state index contributed by atoms with van der Waals surface area (Å²) in [4.78, 5) is 38.7. The van der Waals surface area contributed by atoms with Crippen molar-refractivity contribution in [3.63, 3.8) is 0 Å². The molecule has 6 nitrogen and oxygen atoms in total. The van der Waals surface area contributed by atoms with Crippen molar-refractivity contribution in [2.75, 3.05) is 6.54 Å². The number of nitrogens with zero attached hydrogens (tertiary/aromatic N) is 1. The molecule has 1 aromatic rings. The van der Waals surface area contributed by atoms with E-state index in [-0.39, 0.29) is 24.4 Å². The minimum Gasteiger partial charge on any atom is -0.348 e. The topological polar surface area (TPSA) is 78.5 Å². The van der Waals surface area contributed by atoms with Gasteiger partial charge in [-0.2, -0.15) is 0 Å². The highest BCUT2D eigenvalue weighted by Crippen LogP contribution is 2.37. The number of imide groups is 1. The third-order valence-electron chi connectivity index (χ3n) is 5.81. The minimum absolute atomic E-state index is 0.269. The third-order valence-corrected chi connectivity index (χ3v) is 6.04. The maximum Gasteiger partial charge on any atom is 0.325 e. The number of halogens is 1. The molecule has 1 aromatic carbocycles. The van der Waals surface area contributed by atoms with E-state index in [9.17, 15) is 14.4 Å². The zero-order chi connectivity index (χ0) is 19.6. The van der Waals surface area contributed by atoms with Gasteiger partial charge in [0.1, 0.15) is 12.1 Å². The molecule has 3 rings (SSSR count). The van der Waals surface area contributed by atoms with Crippen LogP contribution in [-0.2, 0) is 9.59 Å². The second kappa shape index (κ2) is 7.89. The van der Waals surface area contributed by atoms with E-state index < -0.39 is 11.6 Å². The van der Waals surface area contributed by atoms with E-state index in [1.807, 2.05) is 19.1 Å². The molecule has 7 heteroatoms. The van der Waals surface area contributed by atoms with Crippen LogP contribution in [0.3, 0.4) is 0 Å². The fourth-order valence-corrected chi connectivity index (χ4v) is 4.23. The molecule has 146 valence electrons. The second-order valence-corrected chi connectivity index (χ2v) is 8.04. The van der Waals surface area contributed by atoms with Gasteiger partial charge in [0.2, 0.25) is 5.91 Å². The first-order valence-corrected chi connectivity index (χ1v) is 9.91. The van der Waals surface area contributed by atoms with E-state index in [1.54, 1.807) is 12.1 Å². The fourth-order valence-electron chi connectivity index (χ4n) is 4.03. The van der Waals surface area contributed by atoms with Crippen LogP contribution < -0.4 is 10.6 Å². The van der Waals surface area contributed by atoms with Crippen LogP contribution in [0.25, 0.3) is 0 Å². The van der Waals surface area contributed by atoms with Crippen LogP contribution in [0.5, 0.6) is 0 Å². The minimum atomic E-state index is -0.818. The zero-order valence-corrected chi connectivity index (χ0v) is 16.5. The lowest BCUT2D eigenvalue weighted by atomic mass is 9.75. The molecule has 4 amide bonds. The predicted octanol–water partition coefficient (Wildman–Crippen LogP) is 3.41.